The molecule has 0 spiro atoms. The number of amides is 1. The second-order valence-corrected chi connectivity index (χ2v) is 6.82. The summed E-state index contributed by atoms with van der Waals surface area (Å²) in [5.41, 5.74) is 2.49. The minimum absolute atomic E-state index is 0.0322. The van der Waals surface area contributed by atoms with Gasteiger partial charge in [0.15, 0.2) is 5.69 Å². The predicted octanol–water partition coefficient (Wildman–Crippen LogP) is 1.43. The van der Waals surface area contributed by atoms with Crippen LogP contribution in [0.4, 0.5) is 0 Å². The van der Waals surface area contributed by atoms with E-state index in [9.17, 15) is 4.79 Å². The van der Waals surface area contributed by atoms with E-state index in [0.717, 1.165) is 24.5 Å². The number of nitrogens with zero attached hydrogens (tertiary/aromatic N) is 5. The molecule has 3 aromatic rings. The van der Waals surface area contributed by atoms with E-state index >= 15 is 0 Å². The number of likely N-dealkylation sites (tertiary alicyclic amines) is 1. The lowest BCUT2D eigenvalue weighted by atomic mass is 10.00. The number of benzene rings is 1. The van der Waals surface area contributed by atoms with Crippen LogP contribution in [-0.4, -0.2) is 56.3 Å². The average molecular weight is 350 g/mol. The zero-order valence-electron chi connectivity index (χ0n) is 14.9. The molecule has 1 N–H and O–H groups in total. The number of imidazole rings is 1. The molecule has 3 heterocycles. The van der Waals surface area contributed by atoms with Gasteiger partial charge < -0.3 is 14.8 Å². The van der Waals surface area contributed by atoms with Crippen LogP contribution in [0, 0.1) is 0 Å². The van der Waals surface area contributed by atoms with Crippen LogP contribution >= 0.6 is 0 Å². The smallest absolute Gasteiger partial charge is 0.272 e. The van der Waals surface area contributed by atoms with Gasteiger partial charge in [0, 0.05) is 44.1 Å². The maximum absolute atomic E-state index is 12.7. The number of aryl methyl sites for hydroxylation is 1. The molecular formula is C19H22N6O. The minimum Gasteiger partial charge on any atom is -0.346 e. The van der Waals surface area contributed by atoms with Crippen molar-refractivity contribution in [3.8, 4) is 5.69 Å². The second kappa shape index (κ2) is 6.76. The predicted molar refractivity (Wildman–Crippen MR) is 98.3 cm³/mol. The third-order valence-corrected chi connectivity index (χ3v) is 4.90. The standard InChI is InChI=1S/C19H22N6O/c1-23-11-15(18-10-20-13-24(18)2)17(12-23)21-19(26)16-8-9-25(22-16)14-6-4-3-5-7-14/h3-10,13,15,17H,11-12H2,1-2H3,(H,21,26)/t15-,17-/m1/s1. The normalized spacial score (nSPS) is 20.4. The van der Waals surface area contributed by atoms with Gasteiger partial charge in [-0.15, -0.1) is 0 Å². The van der Waals surface area contributed by atoms with Crippen LogP contribution in [0.5, 0.6) is 0 Å². The highest BCUT2D eigenvalue weighted by Gasteiger charge is 2.35. The van der Waals surface area contributed by atoms with E-state index in [1.807, 2.05) is 54.3 Å². The summed E-state index contributed by atoms with van der Waals surface area (Å²) in [7, 11) is 4.06. The Balaban J connectivity index is 1.51. The molecule has 4 rings (SSSR count). The summed E-state index contributed by atoms with van der Waals surface area (Å²) in [6, 6.07) is 11.5. The van der Waals surface area contributed by atoms with Crippen LogP contribution in [0.2, 0.25) is 0 Å². The number of rotatable bonds is 4. The van der Waals surface area contributed by atoms with Crippen molar-refractivity contribution in [3.63, 3.8) is 0 Å². The fourth-order valence-corrected chi connectivity index (χ4v) is 3.58. The van der Waals surface area contributed by atoms with Gasteiger partial charge in [0.1, 0.15) is 0 Å². The van der Waals surface area contributed by atoms with Gasteiger partial charge in [-0.2, -0.15) is 5.10 Å². The largest absolute Gasteiger partial charge is 0.346 e. The number of para-hydroxylation sites is 1. The number of hydrogen-bond acceptors (Lipinski definition) is 4. The number of nitrogens with one attached hydrogen (secondary N) is 1. The van der Waals surface area contributed by atoms with Gasteiger partial charge in [-0.1, -0.05) is 18.2 Å². The van der Waals surface area contributed by atoms with E-state index in [1.165, 1.54) is 0 Å². The molecule has 0 bridgehead atoms. The van der Waals surface area contributed by atoms with Crippen LogP contribution in [0.1, 0.15) is 22.1 Å². The highest BCUT2D eigenvalue weighted by atomic mass is 16.2. The molecule has 0 radical (unpaired) electrons. The van der Waals surface area contributed by atoms with Crippen molar-refractivity contribution in [1.29, 1.82) is 0 Å². The maximum atomic E-state index is 12.7. The topological polar surface area (TPSA) is 68.0 Å². The molecule has 0 unspecified atom stereocenters. The Hall–Kier alpha value is -2.93. The summed E-state index contributed by atoms with van der Waals surface area (Å²) in [6.45, 7) is 1.70. The van der Waals surface area contributed by atoms with Gasteiger partial charge in [0.05, 0.1) is 18.1 Å². The molecule has 0 saturated carbocycles. The molecule has 2 atom stereocenters. The monoisotopic (exact) mass is 350 g/mol. The van der Waals surface area contributed by atoms with Crippen molar-refractivity contribution in [2.45, 2.75) is 12.0 Å². The summed E-state index contributed by atoms with van der Waals surface area (Å²) in [5.74, 6) is 0.0693. The number of aromatic nitrogens is 4. The third-order valence-electron chi connectivity index (χ3n) is 4.90. The molecule has 0 aliphatic carbocycles. The van der Waals surface area contributed by atoms with Crippen molar-refractivity contribution in [2.24, 2.45) is 7.05 Å². The first-order chi connectivity index (χ1) is 12.6. The van der Waals surface area contributed by atoms with Gasteiger partial charge in [-0.05, 0) is 25.2 Å². The van der Waals surface area contributed by atoms with Gasteiger partial charge in [0.25, 0.3) is 5.91 Å². The van der Waals surface area contributed by atoms with E-state index in [1.54, 1.807) is 17.1 Å². The van der Waals surface area contributed by atoms with Crippen LogP contribution in [0.25, 0.3) is 5.69 Å². The number of likely N-dealkylation sites (N-methyl/N-ethyl adjacent to an activating group) is 1. The molecule has 134 valence electrons. The van der Waals surface area contributed by atoms with Crippen LogP contribution in [0.15, 0.2) is 55.1 Å². The van der Waals surface area contributed by atoms with Crippen LogP contribution in [-0.2, 0) is 7.05 Å². The van der Waals surface area contributed by atoms with Crippen LogP contribution < -0.4 is 5.32 Å². The van der Waals surface area contributed by atoms with Crippen molar-refractivity contribution < 1.29 is 4.79 Å². The molecule has 1 fully saturated rings. The lowest BCUT2D eigenvalue weighted by Crippen LogP contribution is -2.40. The molecule has 26 heavy (non-hydrogen) atoms. The maximum Gasteiger partial charge on any atom is 0.272 e. The SMILES string of the molecule is CN1C[C@@H](NC(=O)c2ccn(-c3ccccc3)n2)[C@H](c2cncn2C)C1. The minimum atomic E-state index is -0.146. The van der Waals surface area contributed by atoms with E-state index < -0.39 is 0 Å². The van der Waals surface area contributed by atoms with Gasteiger partial charge in [-0.3, -0.25) is 4.79 Å². The lowest BCUT2D eigenvalue weighted by Gasteiger charge is -2.19. The van der Waals surface area contributed by atoms with Gasteiger partial charge in [0.2, 0.25) is 0 Å². The zero-order chi connectivity index (χ0) is 18.1. The molecule has 7 heteroatoms. The highest BCUT2D eigenvalue weighted by Crippen LogP contribution is 2.26. The van der Waals surface area contributed by atoms with Crippen molar-refractivity contribution in [3.05, 3.63) is 66.5 Å². The summed E-state index contributed by atoms with van der Waals surface area (Å²) >= 11 is 0. The Morgan fingerprint density at radius 3 is 2.69 bits per heavy atom. The summed E-state index contributed by atoms with van der Waals surface area (Å²) in [6.07, 6.45) is 5.49. The number of carbonyl (C=O) groups excluding carboxylic acids is 1. The highest BCUT2D eigenvalue weighted by molar-refractivity contribution is 5.92. The average Bonchev–Trinajstić information content (AvgIpc) is 3.36. The second-order valence-electron chi connectivity index (χ2n) is 6.82. The van der Waals surface area contributed by atoms with E-state index in [2.05, 4.69) is 27.3 Å². The number of hydrogen-bond donors (Lipinski definition) is 1. The Bertz CT molecular complexity index is 900. The molecule has 1 amide bonds. The fourth-order valence-electron chi connectivity index (χ4n) is 3.58. The number of carbonyl (C=O) groups is 1. The quantitative estimate of drug-likeness (QED) is 0.773. The molecular weight excluding hydrogens is 328 g/mol. The van der Waals surface area contributed by atoms with E-state index in [4.69, 9.17) is 0 Å². The molecule has 7 nitrogen and oxygen atoms in total. The Morgan fingerprint density at radius 1 is 1.15 bits per heavy atom. The lowest BCUT2D eigenvalue weighted by molar-refractivity contribution is 0.0930. The van der Waals surface area contributed by atoms with Crippen molar-refractivity contribution in [2.75, 3.05) is 20.1 Å². The summed E-state index contributed by atoms with van der Waals surface area (Å²) < 4.78 is 3.74. The van der Waals surface area contributed by atoms with Crippen molar-refractivity contribution >= 4 is 5.91 Å². The molecule has 1 aliphatic rings. The molecule has 1 aromatic carbocycles. The van der Waals surface area contributed by atoms with Crippen LogP contribution in [0.3, 0.4) is 0 Å². The van der Waals surface area contributed by atoms with E-state index in [0.29, 0.717) is 5.69 Å². The first-order valence-electron chi connectivity index (χ1n) is 8.68. The summed E-state index contributed by atoms with van der Waals surface area (Å²) in [5, 5.41) is 7.58. The van der Waals surface area contributed by atoms with E-state index in [-0.39, 0.29) is 17.9 Å². The summed E-state index contributed by atoms with van der Waals surface area (Å²) in [4.78, 5) is 19.2. The Morgan fingerprint density at radius 2 is 1.96 bits per heavy atom. The zero-order valence-corrected chi connectivity index (χ0v) is 14.9. The van der Waals surface area contributed by atoms with Gasteiger partial charge in [-0.25, -0.2) is 9.67 Å². The van der Waals surface area contributed by atoms with Gasteiger partial charge >= 0.3 is 0 Å². The first kappa shape index (κ1) is 16.5. The fraction of sp³-hybridized carbons (Fsp3) is 0.316. The molecule has 2 aromatic heterocycles. The van der Waals surface area contributed by atoms with Crippen molar-refractivity contribution in [1.82, 2.24) is 29.5 Å². The molecule has 1 saturated heterocycles. The third kappa shape index (κ3) is 3.13. The molecule has 1 aliphatic heterocycles. The first-order valence-corrected chi connectivity index (χ1v) is 8.68. The Kier molecular flexibility index (Phi) is 4.30. The Labute approximate surface area is 152 Å².